The van der Waals surface area contributed by atoms with E-state index in [1.807, 2.05) is 6.07 Å². The van der Waals surface area contributed by atoms with Gasteiger partial charge in [0.25, 0.3) is 5.69 Å². The Kier molecular flexibility index (Phi) is 5.19. The van der Waals surface area contributed by atoms with E-state index in [-0.39, 0.29) is 23.1 Å². The molecule has 1 heterocycles. The highest BCUT2D eigenvalue weighted by molar-refractivity contribution is 6.33. The van der Waals surface area contributed by atoms with Crippen LogP contribution in [0.15, 0.2) is 42.7 Å². The van der Waals surface area contributed by atoms with E-state index in [1.54, 1.807) is 18.2 Å². The molecule has 0 saturated heterocycles. The Morgan fingerprint density at radius 3 is 2.75 bits per heavy atom. The van der Waals surface area contributed by atoms with Crippen LogP contribution in [-0.4, -0.2) is 14.9 Å². The monoisotopic (exact) mass is 360 g/mol. The van der Waals surface area contributed by atoms with Crippen LogP contribution in [0.3, 0.4) is 0 Å². The predicted octanol–water partition coefficient (Wildman–Crippen LogP) is 4.34. The second-order valence-electron chi connectivity index (χ2n) is 4.65. The van der Waals surface area contributed by atoms with E-state index in [2.05, 4.69) is 21.2 Å². The minimum absolute atomic E-state index is 0. The molecule has 0 saturated carbocycles. The van der Waals surface area contributed by atoms with Gasteiger partial charge in [-0.1, -0.05) is 23.6 Å². The Hall–Kier alpha value is -2.88. The normalized spacial score (nSPS) is 9.83. The zero-order chi connectivity index (χ0) is 16.4. The number of halogens is 2. The number of nitro groups is 1. The smallest absolute Gasteiger partial charge is 0.288 e. The van der Waals surface area contributed by atoms with Crippen LogP contribution in [0.5, 0.6) is 0 Å². The zero-order valence-electron chi connectivity index (χ0n) is 12.1. The minimum atomic E-state index is -0.544. The summed E-state index contributed by atoms with van der Waals surface area (Å²) in [5.41, 5.74) is 1.74. The maximum Gasteiger partial charge on any atom is 0.288 e. The molecule has 1 aromatic heterocycles. The highest BCUT2D eigenvalue weighted by Gasteiger charge is 2.16. The number of aromatic nitrogens is 2. The van der Waals surface area contributed by atoms with Crippen LogP contribution in [0, 0.1) is 22.5 Å². The minimum Gasteiger partial charge on any atom is -0.340 e. The zero-order valence-corrected chi connectivity index (χ0v) is 13.6. The third-order valence-electron chi connectivity index (χ3n) is 3.19. The summed E-state index contributed by atoms with van der Waals surface area (Å²) in [7, 11) is 0. The van der Waals surface area contributed by atoms with Crippen molar-refractivity contribution in [1.29, 1.82) is 0 Å². The summed E-state index contributed by atoms with van der Waals surface area (Å²) < 4.78 is 0. The second kappa shape index (κ2) is 7.13. The fraction of sp³-hybridized carbons (Fsp3) is 0. The number of nitrogens with zero attached hydrogens (tertiary/aromatic N) is 3. The molecule has 8 heteroatoms. The Balaban J connectivity index is 0.00000208. The molecule has 0 fully saturated rings. The number of nitro benzene ring substituents is 1. The van der Waals surface area contributed by atoms with Gasteiger partial charge in [0, 0.05) is 22.7 Å². The summed E-state index contributed by atoms with van der Waals surface area (Å²) in [6.45, 7) is 0. The van der Waals surface area contributed by atoms with Crippen molar-refractivity contribution < 1.29 is 4.92 Å². The third kappa shape index (κ3) is 3.38. The maximum absolute atomic E-state index is 11.1. The molecule has 0 aliphatic heterocycles. The van der Waals surface area contributed by atoms with Crippen LogP contribution in [0.2, 0.25) is 5.02 Å². The van der Waals surface area contributed by atoms with Crippen molar-refractivity contribution in [2.24, 2.45) is 0 Å². The van der Waals surface area contributed by atoms with Gasteiger partial charge >= 0.3 is 0 Å². The summed E-state index contributed by atoms with van der Waals surface area (Å²) in [5, 5.41) is 14.7. The van der Waals surface area contributed by atoms with Crippen molar-refractivity contribution in [3.63, 3.8) is 0 Å². The van der Waals surface area contributed by atoms with E-state index >= 15 is 0 Å². The SMILES string of the molecule is C#Cc1cccc(Nc2ncnc3cc(Cl)c([N+](=O)[O-])cc23)c1.Cl. The van der Waals surface area contributed by atoms with Crippen LogP contribution < -0.4 is 5.32 Å². The Morgan fingerprint density at radius 1 is 1.25 bits per heavy atom. The van der Waals surface area contributed by atoms with E-state index < -0.39 is 4.92 Å². The summed E-state index contributed by atoms with van der Waals surface area (Å²) >= 11 is 5.91. The molecule has 120 valence electrons. The highest BCUT2D eigenvalue weighted by atomic mass is 35.5. The number of hydrogen-bond acceptors (Lipinski definition) is 5. The van der Waals surface area contributed by atoms with Gasteiger partial charge in [0.15, 0.2) is 0 Å². The molecule has 0 radical (unpaired) electrons. The van der Waals surface area contributed by atoms with Gasteiger partial charge in [0.1, 0.15) is 17.2 Å². The summed E-state index contributed by atoms with van der Waals surface area (Å²) in [6.07, 6.45) is 6.74. The lowest BCUT2D eigenvalue weighted by molar-refractivity contribution is -0.384. The molecule has 0 amide bonds. The Morgan fingerprint density at radius 2 is 2.04 bits per heavy atom. The van der Waals surface area contributed by atoms with Crippen LogP contribution in [0.25, 0.3) is 10.9 Å². The molecule has 3 aromatic rings. The first-order chi connectivity index (χ1) is 11.1. The molecule has 3 rings (SSSR count). The predicted molar refractivity (Wildman–Crippen MR) is 96.1 cm³/mol. The van der Waals surface area contributed by atoms with Crippen LogP contribution >= 0.6 is 24.0 Å². The molecule has 0 spiro atoms. The number of fused-ring (bicyclic) bond motifs is 1. The van der Waals surface area contributed by atoms with E-state index in [0.717, 1.165) is 5.69 Å². The molecule has 0 atom stereocenters. The van der Waals surface area contributed by atoms with Crippen molar-refractivity contribution in [1.82, 2.24) is 9.97 Å². The van der Waals surface area contributed by atoms with Gasteiger partial charge < -0.3 is 5.32 Å². The first-order valence-corrected chi connectivity index (χ1v) is 6.88. The van der Waals surface area contributed by atoms with Crippen molar-refractivity contribution in [2.75, 3.05) is 5.32 Å². The first kappa shape index (κ1) is 17.5. The van der Waals surface area contributed by atoms with Crippen molar-refractivity contribution in [3.05, 3.63) is 63.4 Å². The molecule has 1 N–H and O–H groups in total. The van der Waals surface area contributed by atoms with Gasteiger partial charge in [-0.25, -0.2) is 9.97 Å². The molecule has 2 aromatic carbocycles. The van der Waals surface area contributed by atoms with Crippen LogP contribution in [0.4, 0.5) is 17.2 Å². The topological polar surface area (TPSA) is 81.0 Å². The fourth-order valence-electron chi connectivity index (χ4n) is 2.13. The largest absolute Gasteiger partial charge is 0.340 e. The molecule has 6 nitrogen and oxygen atoms in total. The van der Waals surface area contributed by atoms with E-state index in [4.69, 9.17) is 18.0 Å². The van der Waals surface area contributed by atoms with Crippen LogP contribution in [-0.2, 0) is 0 Å². The summed E-state index contributed by atoms with van der Waals surface area (Å²) in [4.78, 5) is 18.7. The molecule has 0 unspecified atom stereocenters. The Bertz CT molecular complexity index is 970. The van der Waals surface area contributed by atoms with E-state index in [1.165, 1.54) is 18.5 Å². The second-order valence-corrected chi connectivity index (χ2v) is 5.06. The molecular formula is C16H10Cl2N4O2. The fourth-order valence-corrected chi connectivity index (χ4v) is 2.36. The average molecular weight is 361 g/mol. The summed E-state index contributed by atoms with van der Waals surface area (Å²) in [5.74, 6) is 2.98. The van der Waals surface area contributed by atoms with Gasteiger partial charge in [-0.15, -0.1) is 18.8 Å². The Labute approximate surface area is 148 Å². The van der Waals surface area contributed by atoms with Crippen molar-refractivity contribution >= 4 is 52.1 Å². The first-order valence-electron chi connectivity index (χ1n) is 6.51. The van der Waals surface area contributed by atoms with Crippen LogP contribution in [0.1, 0.15) is 5.56 Å². The molecule has 0 aliphatic carbocycles. The number of rotatable bonds is 3. The quantitative estimate of drug-likeness (QED) is 0.426. The number of hydrogen-bond donors (Lipinski definition) is 1. The van der Waals surface area contributed by atoms with Gasteiger partial charge in [-0.2, -0.15) is 0 Å². The van der Waals surface area contributed by atoms with Gasteiger partial charge in [0.05, 0.1) is 10.4 Å². The molecule has 0 aliphatic rings. The lowest BCUT2D eigenvalue weighted by atomic mass is 10.2. The van der Waals surface area contributed by atoms with Gasteiger partial charge in [-0.05, 0) is 24.3 Å². The van der Waals surface area contributed by atoms with Gasteiger partial charge in [-0.3, -0.25) is 10.1 Å². The number of terminal acetylenes is 1. The third-order valence-corrected chi connectivity index (χ3v) is 3.50. The number of benzene rings is 2. The van der Waals surface area contributed by atoms with Crippen molar-refractivity contribution in [2.45, 2.75) is 0 Å². The van der Waals surface area contributed by atoms with E-state index in [0.29, 0.717) is 22.3 Å². The lowest BCUT2D eigenvalue weighted by Gasteiger charge is -2.09. The van der Waals surface area contributed by atoms with Crippen molar-refractivity contribution in [3.8, 4) is 12.3 Å². The molecule has 0 bridgehead atoms. The number of anilines is 2. The average Bonchev–Trinajstić information content (AvgIpc) is 2.54. The maximum atomic E-state index is 11.1. The molecule has 24 heavy (non-hydrogen) atoms. The van der Waals surface area contributed by atoms with E-state index in [9.17, 15) is 10.1 Å². The molecular weight excluding hydrogens is 351 g/mol. The highest BCUT2D eigenvalue weighted by Crippen LogP contribution is 2.32. The number of nitrogens with one attached hydrogen (secondary N) is 1. The standard InChI is InChI=1S/C16H9ClN4O2.ClH/c1-2-10-4-3-5-11(6-10)20-16-12-7-15(21(22)23)13(17)8-14(12)18-9-19-16;/h1,3-9H,(H,18,19,20);1H. The lowest BCUT2D eigenvalue weighted by Crippen LogP contribution is -1.98. The summed E-state index contributed by atoms with van der Waals surface area (Å²) in [6, 6.07) is 10.00. The van der Waals surface area contributed by atoms with Gasteiger partial charge in [0.2, 0.25) is 0 Å².